The normalized spacial score (nSPS) is 29.7. The van der Waals surface area contributed by atoms with Crippen LogP contribution in [0.1, 0.15) is 33.1 Å². The summed E-state index contributed by atoms with van der Waals surface area (Å²) in [7, 11) is 0. The lowest BCUT2D eigenvalue weighted by Crippen LogP contribution is -2.27. The van der Waals surface area contributed by atoms with E-state index in [0.29, 0.717) is 18.2 Å². The summed E-state index contributed by atoms with van der Waals surface area (Å²) < 4.78 is 0. The van der Waals surface area contributed by atoms with Crippen molar-refractivity contribution in [3.05, 3.63) is 0 Å². The van der Waals surface area contributed by atoms with Crippen LogP contribution in [0.3, 0.4) is 0 Å². The maximum absolute atomic E-state index is 11.7. The van der Waals surface area contributed by atoms with Gasteiger partial charge in [-0.25, -0.2) is 0 Å². The van der Waals surface area contributed by atoms with Crippen LogP contribution in [0.25, 0.3) is 0 Å². The minimum Gasteiger partial charge on any atom is -0.330 e. The SMILES string of the molecule is CC(C)C(=O)C1CCCC1CN. The molecule has 0 saturated heterocycles. The van der Waals surface area contributed by atoms with Crippen LogP contribution < -0.4 is 5.73 Å². The summed E-state index contributed by atoms with van der Waals surface area (Å²) in [4.78, 5) is 11.7. The van der Waals surface area contributed by atoms with Crippen molar-refractivity contribution in [3.63, 3.8) is 0 Å². The largest absolute Gasteiger partial charge is 0.330 e. The lowest BCUT2D eigenvalue weighted by Gasteiger charge is -2.18. The van der Waals surface area contributed by atoms with Crippen molar-refractivity contribution in [1.82, 2.24) is 0 Å². The topological polar surface area (TPSA) is 43.1 Å². The highest BCUT2D eigenvalue weighted by Crippen LogP contribution is 2.33. The van der Waals surface area contributed by atoms with Gasteiger partial charge in [0.25, 0.3) is 0 Å². The lowest BCUT2D eigenvalue weighted by molar-refractivity contribution is -0.126. The predicted octanol–water partition coefficient (Wildman–Crippen LogP) is 1.59. The van der Waals surface area contributed by atoms with Gasteiger partial charge < -0.3 is 5.73 Å². The van der Waals surface area contributed by atoms with Gasteiger partial charge in [-0.3, -0.25) is 4.79 Å². The highest BCUT2D eigenvalue weighted by molar-refractivity contribution is 5.83. The molecule has 0 aromatic rings. The molecule has 0 heterocycles. The molecule has 0 amide bonds. The Bertz CT molecular complexity index is 165. The van der Waals surface area contributed by atoms with Gasteiger partial charge in [0.05, 0.1) is 0 Å². The molecule has 0 spiro atoms. The van der Waals surface area contributed by atoms with Crippen molar-refractivity contribution in [2.75, 3.05) is 6.54 Å². The molecule has 70 valence electrons. The molecule has 1 saturated carbocycles. The van der Waals surface area contributed by atoms with Crippen molar-refractivity contribution in [2.24, 2.45) is 23.5 Å². The second-order valence-electron chi connectivity index (χ2n) is 4.09. The van der Waals surface area contributed by atoms with Gasteiger partial charge in [0.15, 0.2) is 0 Å². The van der Waals surface area contributed by atoms with E-state index in [1.165, 1.54) is 6.42 Å². The van der Waals surface area contributed by atoms with Gasteiger partial charge in [-0.1, -0.05) is 20.3 Å². The van der Waals surface area contributed by atoms with Crippen molar-refractivity contribution < 1.29 is 4.79 Å². The highest BCUT2D eigenvalue weighted by Gasteiger charge is 2.32. The fourth-order valence-corrected chi connectivity index (χ4v) is 2.12. The molecule has 2 nitrogen and oxygen atoms in total. The maximum atomic E-state index is 11.7. The van der Waals surface area contributed by atoms with Gasteiger partial charge in [0.1, 0.15) is 5.78 Å². The van der Waals surface area contributed by atoms with Gasteiger partial charge in [-0.2, -0.15) is 0 Å². The molecule has 2 unspecified atom stereocenters. The van der Waals surface area contributed by atoms with E-state index in [1.54, 1.807) is 0 Å². The van der Waals surface area contributed by atoms with Gasteiger partial charge >= 0.3 is 0 Å². The molecule has 0 aromatic carbocycles. The standard InChI is InChI=1S/C10H19NO/c1-7(2)10(12)9-5-3-4-8(9)6-11/h7-9H,3-6,11H2,1-2H3. The van der Waals surface area contributed by atoms with Crippen LogP contribution in [0, 0.1) is 17.8 Å². The number of hydrogen-bond acceptors (Lipinski definition) is 2. The monoisotopic (exact) mass is 169 g/mol. The number of nitrogens with two attached hydrogens (primary N) is 1. The fraction of sp³-hybridized carbons (Fsp3) is 0.900. The Kier molecular flexibility index (Phi) is 3.27. The molecule has 2 atom stereocenters. The number of ketones is 1. The van der Waals surface area contributed by atoms with Crippen LogP contribution >= 0.6 is 0 Å². The smallest absolute Gasteiger partial charge is 0.138 e. The third-order valence-electron chi connectivity index (χ3n) is 2.90. The second kappa shape index (κ2) is 4.04. The molecule has 1 aliphatic carbocycles. The van der Waals surface area contributed by atoms with Crippen molar-refractivity contribution in [2.45, 2.75) is 33.1 Å². The highest BCUT2D eigenvalue weighted by atomic mass is 16.1. The molecular weight excluding hydrogens is 150 g/mol. The Morgan fingerprint density at radius 1 is 1.50 bits per heavy atom. The number of carbonyl (C=O) groups is 1. The summed E-state index contributed by atoms with van der Waals surface area (Å²) in [5.41, 5.74) is 5.61. The number of Topliss-reactive ketones (excluding diaryl/α,β-unsaturated/α-hetero) is 1. The van der Waals surface area contributed by atoms with Crippen molar-refractivity contribution in [3.8, 4) is 0 Å². The Hall–Kier alpha value is -0.370. The van der Waals surface area contributed by atoms with Crippen molar-refractivity contribution in [1.29, 1.82) is 0 Å². The van der Waals surface area contributed by atoms with Gasteiger partial charge in [0.2, 0.25) is 0 Å². The van der Waals surface area contributed by atoms with Crippen LogP contribution in [0.4, 0.5) is 0 Å². The van der Waals surface area contributed by atoms with E-state index < -0.39 is 0 Å². The summed E-state index contributed by atoms with van der Waals surface area (Å²) in [6.07, 6.45) is 3.41. The summed E-state index contributed by atoms with van der Waals surface area (Å²) in [5, 5.41) is 0. The van der Waals surface area contributed by atoms with Gasteiger partial charge in [-0.15, -0.1) is 0 Å². The molecule has 1 rings (SSSR count). The lowest BCUT2D eigenvalue weighted by atomic mass is 9.87. The molecule has 0 bridgehead atoms. The first kappa shape index (κ1) is 9.72. The molecule has 12 heavy (non-hydrogen) atoms. The average Bonchev–Trinajstić information content (AvgIpc) is 2.49. The number of carbonyl (C=O) groups excluding carboxylic acids is 1. The van der Waals surface area contributed by atoms with Crippen LogP contribution in [0.15, 0.2) is 0 Å². The molecule has 0 aliphatic heterocycles. The molecule has 0 aromatic heterocycles. The molecule has 1 aliphatic rings. The molecule has 2 N–H and O–H groups in total. The molecular formula is C10H19NO. The molecule has 2 heteroatoms. The zero-order chi connectivity index (χ0) is 9.14. The van der Waals surface area contributed by atoms with E-state index in [1.807, 2.05) is 13.8 Å². The van der Waals surface area contributed by atoms with E-state index in [4.69, 9.17) is 5.73 Å². The molecule has 0 radical (unpaired) electrons. The summed E-state index contributed by atoms with van der Waals surface area (Å²) in [5.74, 6) is 1.35. The number of hydrogen-bond donors (Lipinski definition) is 1. The van der Waals surface area contributed by atoms with Crippen molar-refractivity contribution >= 4 is 5.78 Å². The third-order valence-corrected chi connectivity index (χ3v) is 2.90. The maximum Gasteiger partial charge on any atom is 0.138 e. The first-order valence-corrected chi connectivity index (χ1v) is 4.90. The van der Waals surface area contributed by atoms with Crippen LogP contribution in [0.5, 0.6) is 0 Å². The Morgan fingerprint density at radius 2 is 2.17 bits per heavy atom. The Morgan fingerprint density at radius 3 is 2.67 bits per heavy atom. The minimum absolute atomic E-state index is 0.183. The van der Waals surface area contributed by atoms with E-state index in [0.717, 1.165) is 12.8 Å². The molecule has 1 fully saturated rings. The van der Waals surface area contributed by atoms with E-state index in [2.05, 4.69) is 0 Å². The first-order chi connectivity index (χ1) is 5.66. The minimum atomic E-state index is 0.183. The average molecular weight is 169 g/mol. The van der Waals surface area contributed by atoms with Crippen LogP contribution in [-0.4, -0.2) is 12.3 Å². The van der Waals surface area contributed by atoms with Crippen LogP contribution in [-0.2, 0) is 4.79 Å². The summed E-state index contributed by atoms with van der Waals surface area (Å²) in [6, 6.07) is 0. The van der Waals surface area contributed by atoms with Crippen LogP contribution in [0.2, 0.25) is 0 Å². The number of rotatable bonds is 3. The zero-order valence-corrected chi connectivity index (χ0v) is 8.05. The fourth-order valence-electron chi connectivity index (χ4n) is 2.12. The third kappa shape index (κ3) is 1.86. The van der Waals surface area contributed by atoms with E-state index in [-0.39, 0.29) is 11.8 Å². The Balaban J connectivity index is 2.55. The summed E-state index contributed by atoms with van der Waals surface area (Å²) >= 11 is 0. The predicted molar refractivity (Wildman–Crippen MR) is 49.7 cm³/mol. The van der Waals surface area contributed by atoms with E-state index in [9.17, 15) is 4.79 Å². The first-order valence-electron chi connectivity index (χ1n) is 4.90. The van der Waals surface area contributed by atoms with Gasteiger partial charge in [-0.05, 0) is 25.3 Å². The summed E-state index contributed by atoms with van der Waals surface area (Å²) in [6.45, 7) is 4.64. The second-order valence-corrected chi connectivity index (χ2v) is 4.09. The quantitative estimate of drug-likeness (QED) is 0.697. The Labute approximate surface area is 74.5 Å². The van der Waals surface area contributed by atoms with E-state index >= 15 is 0 Å². The van der Waals surface area contributed by atoms with Gasteiger partial charge in [0, 0.05) is 11.8 Å². The zero-order valence-electron chi connectivity index (χ0n) is 8.05.